The Morgan fingerprint density at radius 3 is 2.25 bits per heavy atom. The molecule has 0 spiro atoms. The summed E-state index contributed by atoms with van der Waals surface area (Å²) in [4.78, 5) is 43.2. The van der Waals surface area contributed by atoms with Gasteiger partial charge in [0, 0.05) is 13.0 Å². The molecule has 6 nitrogen and oxygen atoms in total. The van der Waals surface area contributed by atoms with E-state index in [1.165, 1.54) is 24.3 Å². The second kappa shape index (κ2) is 7.16. The Bertz CT molecular complexity index is 899. The molecule has 1 saturated heterocycles. The van der Waals surface area contributed by atoms with Crippen LogP contribution in [0.5, 0.6) is 0 Å². The van der Waals surface area contributed by atoms with Crippen molar-refractivity contribution < 1.29 is 28.3 Å². The lowest BCUT2D eigenvalue weighted by Crippen LogP contribution is -2.50. The van der Waals surface area contributed by atoms with Gasteiger partial charge in [0.1, 0.15) is 5.82 Å². The third kappa shape index (κ3) is 3.18. The van der Waals surface area contributed by atoms with Crippen molar-refractivity contribution in [3.05, 3.63) is 71.0 Å². The molecule has 1 atom stereocenters. The van der Waals surface area contributed by atoms with Crippen LogP contribution in [0.15, 0.2) is 48.5 Å². The summed E-state index contributed by atoms with van der Waals surface area (Å²) >= 11 is 0. The predicted octanol–water partition coefficient (Wildman–Crippen LogP) is 3.06. The Kier molecular flexibility index (Phi) is 4.68. The Morgan fingerprint density at radius 1 is 1.04 bits per heavy atom. The molecule has 2 aromatic rings. The summed E-state index contributed by atoms with van der Waals surface area (Å²) in [5, 5.41) is 0.497. The Balaban J connectivity index is 1.57. The molecular weight excluding hydrogens is 365 g/mol. The molecule has 0 saturated carbocycles. The van der Waals surface area contributed by atoms with Crippen LogP contribution in [0.1, 0.15) is 45.5 Å². The number of fused-ring (bicyclic) bond motifs is 1. The van der Waals surface area contributed by atoms with E-state index >= 15 is 0 Å². The monoisotopic (exact) mass is 383 g/mol. The van der Waals surface area contributed by atoms with Crippen molar-refractivity contribution in [1.29, 1.82) is 0 Å². The van der Waals surface area contributed by atoms with Crippen molar-refractivity contribution in [2.24, 2.45) is 0 Å². The first-order valence-corrected chi connectivity index (χ1v) is 9.09. The SMILES string of the molecule is O=C1c2ccccc2C(=O)N1OC(=O)C1(Cc2ccc(F)cc2)CCCCO1. The number of nitrogens with zero attached hydrogens (tertiary/aromatic N) is 1. The third-order valence-electron chi connectivity index (χ3n) is 5.06. The second-order valence-electron chi connectivity index (χ2n) is 6.93. The molecule has 28 heavy (non-hydrogen) atoms. The second-order valence-corrected chi connectivity index (χ2v) is 6.93. The van der Waals surface area contributed by atoms with Crippen LogP contribution in [0.2, 0.25) is 0 Å². The van der Waals surface area contributed by atoms with E-state index in [1.54, 1.807) is 24.3 Å². The van der Waals surface area contributed by atoms with Crippen LogP contribution in [0.4, 0.5) is 4.39 Å². The maximum atomic E-state index is 13.2. The number of rotatable bonds is 4. The lowest BCUT2D eigenvalue weighted by Gasteiger charge is -2.35. The molecular formula is C21H18FNO5. The summed E-state index contributed by atoms with van der Waals surface area (Å²) < 4.78 is 19.0. The Morgan fingerprint density at radius 2 is 1.68 bits per heavy atom. The van der Waals surface area contributed by atoms with Gasteiger partial charge in [-0.2, -0.15) is 0 Å². The Hall–Kier alpha value is -3.06. The number of hydrogen-bond donors (Lipinski definition) is 0. The molecule has 0 N–H and O–H groups in total. The normalized spacial score (nSPS) is 21.5. The van der Waals surface area contributed by atoms with Gasteiger partial charge in [-0.1, -0.05) is 29.3 Å². The van der Waals surface area contributed by atoms with Gasteiger partial charge >= 0.3 is 5.97 Å². The van der Waals surface area contributed by atoms with Gasteiger partial charge in [0.25, 0.3) is 11.8 Å². The van der Waals surface area contributed by atoms with Gasteiger partial charge in [0.2, 0.25) is 0 Å². The molecule has 2 aliphatic rings. The molecule has 0 radical (unpaired) electrons. The number of halogens is 1. The minimum absolute atomic E-state index is 0.162. The first-order valence-electron chi connectivity index (χ1n) is 9.09. The zero-order valence-electron chi connectivity index (χ0n) is 15.0. The van der Waals surface area contributed by atoms with E-state index in [4.69, 9.17) is 9.57 Å². The summed E-state index contributed by atoms with van der Waals surface area (Å²) in [6.07, 6.45) is 2.07. The quantitative estimate of drug-likeness (QED) is 0.759. The van der Waals surface area contributed by atoms with Gasteiger partial charge in [-0.25, -0.2) is 9.18 Å². The van der Waals surface area contributed by atoms with Crippen LogP contribution in [0, 0.1) is 5.82 Å². The van der Waals surface area contributed by atoms with Crippen molar-refractivity contribution >= 4 is 17.8 Å². The van der Waals surface area contributed by atoms with E-state index in [1.807, 2.05) is 0 Å². The molecule has 144 valence electrons. The minimum atomic E-state index is -1.33. The van der Waals surface area contributed by atoms with Crippen LogP contribution in [-0.2, 0) is 20.8 Å². The lowest BCUT2D eigenvalue weighted by atomic mass is 9.87. The van der Waals surface area contributed by atoms with Gasteiger partial charge in [0.15, 0.2) is 5.60 Å². The lowest BCUT2D eigenvalue weighted by molar-refractivity contribution is -0.201. The molecule has 1 fully saturated rings. The number of hydrogen-bond acceptors (Lipinski definition) is 5. The topological polar surface area (TPSA) is 72.9 Å². The molecule has 7 heteroatoms. The zero-order valence-corrected chi connectivity index (χ0v) is 15.0. The summed E-state index contributed by atoms with van der Waals surface area (Å²) in [5.74, 6) is -2.54. The van der Waals surface area contributed by atoms with Crippen LogP contribution >= 0.6 is 0 Å². The summed E-state index contributed by atoms with van der Waals surface area (Å²) in [6.45, 7) is 0.360. The molecule has 4 rings (SSSR count). The number of imide groups is 1. The van der Waals surface area contributed by atoms with Crippen LogP contribution in [0.3, 0.4) is 0 Å². The van der Waals surface area contributed by atoms with Gasteiger partial charge in [-0.15, -0.1) is 0 Å². The molecule has 1 unspecified atom stereocenters. The van der Waals surface area contributed by atoms with E-state index in [2.05, 4.69) is 0 Å². The minimum Gasteiger partial charge on any atom is -0.363 e. The van der Waals surface area contributed by atoms with Crippen LogP contribution in [-0.4, -0.2) is 35.1 Å². The largest absolute Gasteiger partial charge is 0.365 e. The summed E-state index contributed by atoms with van der Waals surface area (Å²) in [7, 11) is 0. The number of carbonyl (C=O) groups is 3. The highest BCUT2D eigenvalue weighted by atomic mass is 19.1. The first kappa shape index (κ1) is 18.3. The molecule has 0 aromatic heterocycles. The highest BCUT2D eigenvalue weighted by Gasteiger charge is 2.47. The number of benzene rings is 2. The molecule has 2 aromatic carbocycles. The molecule has 2 aliphatic heterocycles. The van der Waals surface area contributed by atoms with E-state index in [0.29, 0.717) is 23.7 Å². The molecule has 2 amide bonds. The van der Waals surface area contributed by atoms with Crippen molar-refractivity contribution in [3.63, 3.8) is 0 Å². The molecule has 0 aliphatic carbocycles. The summed E-state index contributed by atoms with van der Waals surface area (Å²) in [6, 6.07) is 12.0. The number of amides is 2. The number of hydroxylamine groups is 2. The fourth-order valence-electron chi connectivity index (χ4n) is 3.57. The fraction of sp³-hybridized carbons (Fsp3) is 0.286. The van der Waals surface area contributed by atoms with E-state index in [-0.39, 0.29) is 23.4 Å². The van der Waals surface area contributed by atoms with Gasteiger partial charge in [-0.3, -0.25) is 9.59 Å². The highest BCUT2D eigenvalue weighted by Crippen LogP contribution is 2.32. The highest BCUT2D eigenvalue weighted by molar-refractivity contribution is 6.21. The van der Waals surface area contributed by atoms with Crippen molar-refractivity contribution in [2.75, 3.05) is 6.61 Å². The summed E-state index contributed by atoms with van der Waals surface area (Å²) in [5.41, 5.74) is -0.247. The number of carbonyl (C=O) groups excluding carboxylic acids is 3. The molecule has 2 heterocycles. The van der Waals surface area contributed by atoms with Crippen molar-refractivity contribution in [1.82, 2.24) is 5.06 Å². The van der Waals surface area contributed by atoms with Gasteiger partial charge in [0.05, 0.1) is 11.1 Å². The maximum absolute atomic E-state index is 13.2. The van der Waals surface area contributed by atoms with Crippen molar-refractivity contribution in [2.45, 2.75) is 31.3 Å². The van der Waals surface area contributed by atoms with Gasteiger partial charge in [-0.05, 0) is 49.1 Å². The standard InChI is InChI=1S/C21H18FNO5/c22-15-9-7-14(8-10-15)13-21(11-3-4-12-27-21)20(26)28-23-18(24)16-5-1-2-6-17(16)19(23)25/h1-2,5-10H,3-4,11-13H2. The zero-order chi connectivity index (χ0) is 19.7. The third-order valence-corrected chi connectivity index (χ3v) is 5.06. The van der Waals surface area contributed by atoms with Crippen LogP contribution in [0.25, 0.3) is 0 Å². The maximum Gasteiger partial charge on any atom is 0.365 e. The van der Waals surface area contributed by atoms with E-state index in [0.717, 1.165) is 12.8 Å². The number of ether oxygens (including phenoxy) is 1. The predicted molar refractivity (Wildman–Crippen MR) is 95.7 cm³/mol. The Labute approximate surface area is 160 Å². The first-order chi connectivity index (χ1) is 13.5. The smallest absolute Gasteiger partial charge is 0.363 e. The van der Waals surface area contributed by atoms with Gasteiger partial charge < -0.3 is 9.57 Å². The molecule has 0 bridgehead atoms. The van der Waals surface area contributed by atoms with Crippen LogP contribution < -0.4 is 0 Å². The average molecular weight is 383 g/mol. The average Bonchev–Trinajstić information content (AvgIpc) is 2.96. The van der Waals surface area contributed by atoms with Crippen molar-refractivity contribution in [3.8, 4) is 0 Å². The van der Waals surface area contributed by atoms with E-state index < -0.39 is 23.4 Å². The van der Waals surface area contributed by atoms with E-state index in [9.17, 15) is 18.8 Å². The fourth-order valence-corrected chi connectivity index (χ4v) is 3.57.